The zero-order valence-corrected chi connectivity index (χ0v) is 22.2. The molecule has 37 heavy (non-hydrogen) atoms. The van der Waals surface area contributed by atoms with Crippen LogP contribution in [0.2, 0.25) is 15.9 Å². The Morgan fingerprint density at radius 2 is 1.27 bits per heavy atom. The number of aromatic nitrogens is 6. The van der Waals surface area contributed by atoms with Crippen LogP contribution in [0.5, 0.6) is 0 Å². The van der Waals surface area contributed by atoms with Gasteiger partial charge in [0.1, 0.15) is 9.79 Å². The lowest BCUT2D eigenvalue weighted by Crippen LogP contribution is -2.34. The molecule has 2 aromatic heterocycles. The molecule has 18 nitrogen and oxygen atoms in total. The molecule has 0 atom stereocenters. The zero-order valence-electron chi connectivity index (χ0n) is 17.4. The van der Waals surface area contributed by atoms with Crippen molar-refractivity contribution in [3.63, 3.8) is 0 Å². The van der Waals surface area contributed by atoms with Crippen LogP contribution in [0.25, 0.3) is 0 Å². The Labute approximate surface area is 222 Å². The first-order valence-electron chi connectivity index (χ1n) is 8.74. The summed E-state index contributed by atoms with van der Waals surface area (Å²) in [5, 5.41) is -0.106. The highest BCUT2D eigenvalue weighted by atomic mass is 35.5. The number of hydrogen-bond donors (Lipinski definition) is 5. The van der Waals surface area contributed by atoms with Crippen molar-refractivity contribution < 1.29 is 38.9 Å². The van der Waals surface area contributed by atoms with Crippen molar-refractivity contribution in [3.8, 4) is 0 Å². The number of rotatable bonds is 8. The normalized spacial score (nSPS) is 12.4. The van der Waals surface area contributed by atoms with E-state index < -0.39 is 84.4 Å². The Bertz CT molecular complexity index is 1700. The SMILES string of the molecule is CNN(c1nc(Cl)nc(S(=O)(=O)O)n1)c1cc(S(=O)(=O)O)c(Nc2nc(Cl)nc(Cl)n2)cc1S(=O)(=O)O. The fourth-order valence-electron chi connectivity index (χ4n) is 2.61. The van der Waals surface area contributed by atoms with E-state index in [0.717, 1.165) is 7.05 Å². The third-order valence-electron chi connectivity index (χ3n) is 3.92. The average molecular weight is 639 g/mol. The third kappa shape index (κ3) is 6.84. The second kappa shape index (κ2) is 10.3. The van der Waals surface area contributed by atoms with Crippen LogP contribution in [0.4, 0.5) is 23.3 Å². The van der Waals surface area contributed by atoms with Gasteiger partial charge in [0.25, 0.3) is 25.4 Å². The van der Waals surface area contributed by atoms with Crippen LogP contribution in [-0.2, 0) is 30.4 Å². The first-order valence-corrected chi connectivity index (χ1v) is 14.2. The lowest BCUT2D eigenvalue weighted by Gasteiger charge is -2.24. The van der Waals surface area contributed by atoms with Crippen LogP contribution < -0.4 is 15.8 Å². The molecule has 0 amide bonds. The number of nitrogens with zero attached hydrogens (tertiary/aromatic N) is 7. The summed E-state index contributed by atoms with van der Waals surface area (Å²) in [4.78, 5) is 18.9. The molecule has 0 aliphatic rings. The van der Waals surface area contributed by atoms with Gasteiger partial charge in [-0.2, -0.15) is 55.2 Å². The molecular formula is C13H10Cl3N9O9S3. The van der Waals surface area contributed by atoms with Crippen molar-refractivity contribution in [1.82, 2.24) is 35.3 Å². The summed E-state index contributed by atoms with van der Waals surface area (Å²) in [6.45, 7) is 0. The van der Waals surface area contributed by atoms with Gasteiger partial charge in [-0.1, -0.05) is 0 Å². The quantitative estimate of drug-likeness (QED) is 0.168. The van der Waals surface area contributed by atoms with E-state index in [4.69, 9.17) is 34.8 Å². The van der Waals surface area contributed by atoms with Gasteiger partial charge in [-0.05, 0) is 46.9 Å². The predicted octanol–water partition coefficient (Wildman–Crippen LogP) is 0.773. The van der Waals surface area contributed by atoms with Gasteiger partial charge in [-0.3, -0.25) is 13.7 Å². The van der Waals surface area contributed by atoms with Crippen LogP contribution in [0.1, 0.15) is 0 Å². The van der Waals surface area contributed by atoms with Gasteiger partial charge in [0.2, 0.25) is 27.7 Å². The Kier molecular flexibility index (Phi) is 8.05. The van der Waals surface area contributed by atoms with E-state index in [-0.39, 0.29) is 0 Å². The van der Waals surface area contributed by atoms with Crippen molar-refractivity contribution in [3.05, 3.63) is 28.0 Å². The van der Waals surface area contributed by atoms with Gasteiger partial charge in [0.15, 0.2) is 0 Å². The molecule has 0 saturated heterocycles. The highest BCUT2D eigenvalue weighted by Crippen LogP contribution is 2.37. The Hall–Kier alpha value is -2.60. The second-order valence-electron chi connectivity index (χ2n) is 6.31. The van der Waals surface area contributed by atoms with E-state index in [1.165, 1.54) is 0 Å². The van der Waals surface area contributed by atoms with Crippen molar-refractivity contribution >= 4 is 88.4 Å². The molecule has 2 heterocycles. The first-order chi connectivity index (χ1) is 16.9. The molecule has 0 bridgehead atoms. The maximum atomic E-state index is 12.2. The number of hydrazine groups is 1. The van der Waals surface area contributed by atoms with E-state index >= 15 is 0 Å². The fraction of sp³-hybridized carbons (Fsp3) is 0.0769. The van der Waals surface area contributed by atoms with Crippen molar-refractivity contribution in [1.29, 1.82) is 0 Å². The molecule has 0 aliphatic carbocycles. The van der Waals surface area contributed by atoms with Crippen LogP contribution in [0.15, 0.2) is 27.1 Å². The molecule has 200 valence electrons. The second-order valence-corrected chi connectivity index (χ2v) is 11.4. The van der Waals surface area contributed by atoms with Crippen molar-refractivity contribution in [2.45, 2.75) is 14.9 Å². The maximum Gasteiger partial charge on any atom is 0.330 e. The van der Waals surface area contributed by atoms with Crippen LogP contribution in [-0.4, -0.2) is 75.9 Å². The number of anilines is 4. The topological polar surface area (TPSA) is 268 Å². The highest BCUT2D eigenvalue weighted by Gasteiger charge is 2.30. The minimum Gasteiger partial charge on any atom is -0.323 e. The zero-order chi connectivity index (χ0) is 27.9. The Morgan fingerprint density at radius 3 is 1.76 bits per heavy atom. The standard InChI is InChI=1S/C13H10Cl3N9O9S3/c1-17-25(12-22-10(16)23-13(24-12)37(32,33)34)5-3-6(35(26,27)28)4(2-7(5)36(29,30)31)18-11-20-8(14)19-9(15)21-11/h2-3,17H,1H3,(H,26,27,28)(H,29,30,31)(H,32,33,34)(H,18,19,20,21). The minimum absolute atomic E-state index is 0.440. The van der Waals surface area contributed by atoms with Gasteiger partial charge in [-0.15, -0.1) is 0 Å². The van der Waals surface area contributed by atoms with Crippen LogP contribution in [0.3, 0.4) is 0 Å². The van der Waals surface area contributed by atoms with Gasteiger partial charge in [0.05, 0.1) is 11.4 Å². The lowest BCUT2D eigenvalue weighted by atomic mass is 10.2. The monoisotopic (exact) mass is 637 g/mol. The fourth-order valence-corrected chi connectivity index (χ4v) is 4.91. The van der Waals surface area contributed by atoms with Crippen LogP contribution in [0, 0.1) is 0 Å². The molecule has 0 fully saturated rings. The molecule has 0 aliphatic heterocycles. The minimum atomic E-state index is -5.21. The van der Waals surface area contributed by atoms with E-state index in [9.17, 15) is 38.9 Å². The molecular weight excluding hydrogens is 629 g/mol. The molecule has 0 spiro atoms. The number of benzene rings is 1. The van der Waals surface area contributed by atoms with Gasteiger partial charge < -0.3 is 5.32 Å². The number of hydrogen-bond acceptors (Lipinski definition) is 15. The van der Waals surface area contributed by atoms with Gasteiger partial charge in [-0.25, -0.2) is 10.4 Å². The van der Waals surface area contributed by atoms with Crippen molar-refractivity contribution in [2.75, 3.05) is 17.4 Å². The van der Waals surface area contributed by atoms with Gasteiger partial charge in [0, 0.05) is 7.05 Å². The van der Waals surface area contributed by atoms with E-state index in [0.29, 0.717) is 17.1 Å². The molecule has 5 N–H and O–H groups in total. The van der Waals surface area contributed by atoms with E-state index in [1.54, 1.807) is 0 Å². The summed E-state index contributed by atoms with van der Waals surface area (Å²) >= 11 is 17.0. The summed E-state index contributed by atoms with van der Waals surface area (Å²) in [6, 6.07) is 1.06. The number of nitrogens with one attached hydrogen (secondary N) is 2. The Morgan fingerprint density at radius 1 is 0.730 bits per heavy atom. The van der Waals surface area contributed by atoms with Crippen LogP contribution >= 0.6 is 34.8 Å². The third-order valence-corrected chi connectivity index (χ3v) is 6.84. The molecule has 1 aromatic carbocycles. The summed E-state index contributed by atoms with van der Waals surface area (Å²) in [6.07, 6.45) is 0. The molecule has 0 unspecified atom stereocenters. The predicted molar refractivity (Wildman–Crippen MR) is 125 cm³/mol. The molecule has 3 rings (SSSR count). The summed E-state index contributed by atoms with van der Waals surface area (Å²) in [5.74, 6) is -1.28. The smallest absolute Gasteiger partial charge is 0.323 e. The highest BCUT2D eigenvalue weighted by molar-refractivity contribution is 7.86. The molecule has 0 saturated carbocycles. The van der Waals surface area contributed by atoms with E-state index in [1.807, 2.05) is 0 Å². The summed E-state index contributed by atoms with van der Waals surface area (Å²) < 4.78 is 101. The summed E-state index contributed by atoms with van der Waals surface area (Å²) in [7, 11) is -14.3. The Balaban J connectivity index is 2.35. The van der Waals surface area contributed by atoms with Gasteiger partial charge >= 0.3 is 10.1 Å². The first kappa shape index (κ1) is 29.0. The summed E-state index contributed by atoms with van der Waals surface area (Å²) in [5.41, 5.74) is 0.848. The largest absolute Gasteiger partial charge is 0.330 e. The lowest BCUT2D eigenvalue weighted by molar-refractivity contribution is 0.472. The maximum absolute atomic E-state index is 12.2. The average Bonchev–Trinajstić information content (AvgIpc) is 2.71. The van der Waals surface area contributed by atoms with E-state index in [2.05, 4.69) is 40.6 Å². The van der Waals surface area contributed by atoms with Crippen molar-refractivity contribution in [2.24, 2.45) is 0 Å². The molecule has 0 radical (unpaired) electrons. The molecule has 3 aromatic rings. The molecule has 24 heteroatoms. The number of halogens is 3.